The molecule has 0 unspecified atom stereocenters. The lowest BCUT2D eigenvalue weighted by atomic mass is 9.99. The van der Waals surface area contributed by atoms with Crippen molar-refractivity contribution in [1.82, 2.24) is 15.0 Å². The van der Waals surface area contributed by atoms with Crippen LogP contribution in [0.15, 0.2) is 165 Å². The van der Waals surface area contributed by atoms with Gasteiger partial charge in [0.15, 0.2) is 17.5 Å². The van der Waals surface area contributed by atoms with Crippen molar-refractivity contribution in [2.45, 2.75) is 0 Å². The fourth-order valence-electron chi connectivity index (χ4n) is 7.37. The van der Waals surface area contributed by atoms with E-state index in [9.17, 15) is 0 Å². The molecule has 4 heterocycles. The minimum atomic E-state index is 0.543. The summed E-state index contributed by atoms with van der Waals surface area (Å²) in [7, 11) is 0. The van der Waals surface area contributed by atoms with Gasteiger partial charge in [-0.1, -0.05) is 115 Å². The molecule has 0 saturated carbocycles. The third kappa shape index (κ3) is 4.26. The summed E-state index contributed by atoms with van der Waals surface area (Å²) in [6.07, 6.45) is 0. The van der Waals surface area contributed by atoms with Crippen LogP contribution in [-0.2, 0) is 0 Å². The van der Waals surface area contributed by atoms with E-state index in [-0.39, 0.29) is 0 Å². The third-order valence-corrected chi connectivity index (χ3v) is 9.76. The van der Waals surface area contributed by atoms with Crippen LogP contribution in [0.5, 0.6) is 0 Å². The minimum Gasteiger partial charge on any atom is -0.455 e. The molecule has 0 aliphatic carbocycles. The van der Waals surface area contributed by atoms with Crippen molar-refractivity contribution in [2.75, 3.05) is 0 Å². The number of nitrogens with zero attached hydrogens (tertiary/aromatic N) is 3. The van der Waals surface area contributed by atoms with Gasteiger partial charge >= 0.3 is 0 Å². The van der Waals surface area contributed by atoms with Crippen molar-refractivity contribution in [1.29, 1.82) is 0 Å². The van der Waals surface area contributed by atoms with Crippen LogP contribution >= 0.6 is 0 Å². The van der Waals surface area contributed by atoms with Crippen molar-refractivity contribution in [3.63, 3.8) is 0 Å². The van der Waals surface area contributed by atoms with Gasteiger partial charge in [-0.2, -0.15) is 0 Å². The van der Waals surface area contributed by atoms with Gasteiger partial charge in [-0.25, -0.2) is 15.0 Å². The Balaban J connectivity index is 1.11. The van der Waals surface area contributed by atoms with Gasteiger partial charge < -0.3 is 13.3 Å². The second-order valence-corrected chi connectivity index (χ2v) is 12.7. The summed E-state index contributed by atoms with van der Waals surface area (Å²) in [5.74, 6) is 1.69. The zero-order chi connectivity index (χ0) is 33.5. The molecule has 0 aliphatic rings. The van der Waals surface area contributed by atoms with E-state index in [1.54, 1.807) is 0 Å². The molecule has 0 aliphatic heterocycles. The van der Waals surface area contributed by atoms with E-state index >= 15 is 0 Å². The summed E-state index contributed by atoms with van der Waals surface area (Å²) in [6, 6.07) is 51.0. The largest absolute Gasteiger partial charge is 0.455 e. The summed E-state index contributed by atoms with van der Waals surface area (Å²) in [4.78, 5) is 15.1. The van der Waals surface area contributed by atoms with Crippen LogP contribution in [0.25, 0.3) is 111 Å². The molecule has 0 saturated heterocycles. The quantitative estimate of drug-likeness (QED) is 0.188. The maximum atomic E-state index is 6.61. The number of fused-ring (bicyclic) bond motifs is 9. The highest BCUT2D eigenvalue weighted by Gasteiger charge is 2.20. The zero-order valence-corrected chi connectivity index (χ0v) is 27.0. The zero-order valence-electron chi connectivity index (χ0n) is 27.0. The minimum absolute atomic E-state index is 0.543. The lowest BCUT2D eigenvalue weighted by molar-refractivity contribution is 0.665. The molecule has 238 valence electrons. The molecule has 0 radical (unpaired) electrons. The predicted molar refractivity (Wildman–Crippen MR) is 203 cm³/mol. The normalized spacial score (nSPS) is 11.9. The smallest absolute Gasteiger partial charge is 0.167 e. The maximum Gasteiger partial charge on any atom is 0.167 e. The molecular weight excluding hydrogens is 631 g/mol. The fraction of sp³-hybridized carbons (Fsp3) is 0. The molecule has 11 aromatic rings. The molecular formula is C45H25N3O3. The van der Waals surface area contributed by atoms with E-state index in [1.807, 2.05) is 91.0 Å². The Morgan fingerprint density at radius 2 is 0.745 bits per heavy atom. The van der Waals surface area contributed by atoms with E-state index < -0.39 is 0 Å². The van der Waals surface area contributed by atoms with Gasteiger partial charge in [0, 0.05) is 54.6 Å². The fourth-order valence-corrected chi connectivity index (χ4v) is 7.37. The molecule has 0 N–H and O–H groups in total. The van der Waals surface area contributed by atoms with Gasteiger partial charge in [-0.3, -0.25) is 0 Å². The van der Waals surface area contributed by atoms with Crippen molar-refractivity contribution in [2.24, 2.45) is 0 Å². The lowest BCUT2D eigenvalue weighted by Gasteiger charge is -2.09. The molecule has 7 aromatic carbocycles. The van der Waals surface area contributed by atoms with Gasteiger partial charge in [0.05, 0.1) is 5.56 Å². The molecule has 4 aromatic heterocycles. The highest BCUT2D eigenvalue weighted by atomic mass is 16.3. The Hall–Kier alpha value is -7.05. The second-order valence-electron chi connectivity index (χ2n) is 12.7. The van der Waals surface area contributed by atoms with E-state index in [0.29, 0.717) is 17.5 Å². The maximum absolute atomic E-state index is 6.61. The summed E-state index contributed by atoms with van der Waals surface area (Å²) in [6.45, 7) is 0. The average molecular weight is 656 g/mol. The number of furan rings is 3. The molecule has 0 bridgehead atoms. The topological polar surface area (TPSA) is 78.1 Å². The third-order valence-electron chi connectivity index (χ3n) is 9.76. The van der Waals surface area contributed by atoms with Gasteiger partial charge in [-0.15, -0.1) is 0 Å². The van der Waals surface area contributed by atoms with Gasteiger partial charge in [-0.05, 0) is 36.4 Å². The first-order valence-corrected chi connectivity index (χ1v) is 16.9. The average Bonchev–Trinajstić information content (AvgIpc) is 3.89. The van der Waals surface area contributed by atoms with E-state index in [0.717, 1.165) is 93.6 Å². The molecule has 0 spiro atoms. The summed E-state index contributed by atoms with van der Waals surface area (Å²) >= 11 is 0. The Labute approximate surface area is 290 Å². The van der Waals surface area contributed by atoms with Crippen LogP contribution in [0.3, 0.4) is 0 Å². The first kappa shape index (κ1) is 27.9. The van der Waals surface area contributed by atoms with Crippen molar-refractivity contribution in [3.8, 4) is 45.3 Å². The number of benzene rings is 7. The van der Waals surface area contributed by atoms with Crippen molar-refractivity contribution >= 4 is 65.8 Å². The molecule has 0 fully saturated rings. The van der Waals surface area contributed by atoms with E-state index in [1.165, 1.54) is 0 Å². The predicted octanol–water partition coefficient (Wildman–Crippen LogP) is 12.2. The van der Waals surface area contributed by atoms with Crippen LogP contribution in [0.1, 0.15) is 0 Å². The van der Waals surface area contributed by atoms with Crippen LogP contribution in [0, 0.1) is 0 Å². The Morgan fingerprint density at radius 1 is 0.294 bits per heavy atom. The first-order valence-electron chi connectivity index (χ1n) is 16.9. The van der Waals surface area contributed by atoms with Gasteiger partial charge in [0.25, 0.3) is 0 Å². The highest BCUT2D eigenvalue weighted by Crippen LogP contribution is 2.42. The van der Waals surface area contributed by atoms with Gasteiger partial charge in [0.1, 0.15) is 33.5 Å². The number of rotatable bonds is 4. The summed E-state index contributed by atoms with van der Waals surface area (Å²) in [5, 5.41) is 6.23. The SMILES string of the molecule is c1ccc(-c2nc(-c3ccc4oc5c(-c6cccc7c6oc6ccccc67)cccc5c4c3)nc(-c3cccc4c3oc3ccccc34)n2)cc1. The molecule has 6 nitrogen and oxygen atoms in total. The van der Waals surface area contributed by atoms with E-state index in [2.05, 4.69) is 60.7 Å². The standard InChI is InChI=1S/C45H25N3O3/c1-2-11-26(12-3-1)43-46-44(48-45(47-43)35-20-10-16-31-29-14-5-7-22-38(29)50-42(31)35)27-23-24-39-36(25-27)34-19-9-18-33(41(34)51-39)32-17-8-15-30-28-13-4-6-21-37(28)49-40(30)32/h1-25H. The van der Waals surface area contributed by atoms with Crippen LogP contribution in [0.2, 0.25) is 0 Å². The molecule has 11 rings (SSSR count). The lowest BCUT2D eigenvalue weighted by Crippen LogP contribution is -2.00. The summed E-state index contributed by atoms with van der Waals surface area (Å²) in [5.41, 5.74) is 9.39. The molecule has 51 heavy (non-hydrogen) atoms. The number of para-hydroxylation sites is 5. The Bertz CT molecular complexity index is 3150. The number of aromatic nitrogens is 3. The second kappa shape index (κ2) is 10.7. The Kier molecular flexibility index (Phi) is 5.86. The number of hydrogen-bond donors (Lipinski definition) is 0. The van der Waals surface area contributed by atoms with Crippen LogP contribution < -0.4 is 0 Å². The molecule has 0 amide bonds. The van der Waals surface area contributed by atoms with Crippen molar-refractivity contribution in [3.05, 3.63) is 152 Å². The highest BCUT2D eigenvalue weighted by molar-refractivity contribution is 6.15. The van der Waals surface area contributed by atoms with Crippen LogP contribution in [0.4, 0.5) is 0 Å². The van der Waals surface area contributed by atoms with Crippen molar-refractivity contribution < 1.29 is 13.3 Å². The van der Waals surface area contributed by atoms with E-state index in [4.69, 9.17) is 28.2 Å². The monoisotopic (exact) mass is 655 g/mol. The first-order chi connectivity index (χ1) is 25.3. The molecule has 0 atom stereocenters. The number of hydrogen-bond acceptors (Lipinski definition) is 6. The van der Waals surface area contributed by atoms with Gasteiger partial charge in [0.2, 0.25) is 0 Å². The Morgan fingerprint density at radius 3 is 1.37 bits per heavy atom. The van der Waals surface area contributed by atoms with Crippen LogP contribution in [-0.4, -0.2) is 15.0 Å². The molecule has 6 heteroatoms. The summed E-state index contributed by atoms with van der Waals surface area (Å²) < 4.78 is 19.4.